The van der Waals surface area contributed by atoms with Crippen molar-refractivity contribution >= 4 is 17.2 Å². The Morgan fingerprint density at radius 1 is 1.12 bits per heavy atom. The molecule has 1 aliphatic heterocycles. The Bertz CT molecular complexity index is 1150. The maximum atomic E-state index is 12.9. The molecular weight excluding hydrogens is 425 g/mol. The van der Waals surface area contributed by atoms with Crippen molar-refractivity contribution in [2.24, 2.45) is 0 Å². The minimum absolute atomic E-state index is 0.278. The number of aromatic amines is 1. The number of carbonyl (C=O) groups is 1. The molecule has 11 heteroatoms. The van der Waals surface area contributed by atoms with Crippen LogP contribution in [0.25, 0.3) is 5.65 Å². The van der Waals surface area contributed by atoms with Crippen LogP contribution in [0.15, 0.2) is 47.4 Å². The molecule has 0 bridgehead atoms. The Kier molecular flexibility index (Phi) is 6.17. The number of H-pyrrole nitrogens is 1. The lowest BCUT2D eigenvalue weighted by Gasteiger charge is -2.36. The molecule has 2 N–H and O–H groups in total. The van der Waals surface area contributed by atoms with Gasteiger partial charge in [0.15, 0.2) is 5.65 Å². The molecule has 0 radical (unpaired) electrons. The van der Waals surface area contributed by atoms with Crippen molar-refractivity contribution in [2.45, 2.75) is 12.6 Å². The van der Waals surface area contributed by atoms with Crippen LogP contribution in [-0.2, 0) is 6.18 Å². The number of alkyl halides is 3. The summed E-state index contributed by atoms with van der Waals surface area (Å²) in [4.78, 5) is 28.2. The van der Waals surface area contributed by atoms with Crippen molar-refractivity contribution in [3.8, 4) is 0 Å². The molecule has 2 aromatic heterocycles. The fourth-order valence-corrected chi connectivity index (χ4v) is 3.82. The highest BCUT2D eigenvalue weighted by molar-refractivity contribution is 5.99. The number of nitrogens with one attached hydrogen (secondary N) is 2. The number of pyridine rings is 1. The average Bonchev–Trinajstić information content (AvgIpc) is 3.17. The Balaban J connectivity index is 1.23. The van der Waals surface area contributed by atoms with Gasteiger partial charge in [-0.1, -0.05) is 6.07 Å². The first-order valence-corrected chi connectivity index (χ1v) is 10.3. The SMILES string of the molecule is O=C(NCCCN1CCN(c2cccc(C(F)(F)F)c2)CC1)c1cccn2c(=O)[nH]nc12. The second kappa shape index (κ2) is 9.03. The fourth-order valence-electron chi connectivity index (χ4n) is 3.82. The molecule has 3 aromatic rings. The van der Waals surface area contributed by atoms with E-state index in [9.17, 15) is 22.8 Å². The smallest absolute Gasteiger partial charge is 0.369 e. The van der Waals surface area contributed by atoms with Gasteiger partial charge in [-0.3, -0.25) is 9.69 Å². The van der Waals surface area contributed by atoms with E-state index >= 15 is 0 Å². The molecule has 1 amide bonds. The minimum Gasteiger partial charge on any atom is -0.369 e. The third kappa shape index (κ3) is 4.77. The van der Waals surface area contributed by atoms with E-state index < -0.39 is 17.4 Å². The van der Waals surface area contributed by atoms with Crippen molar-refractivity contribution in [2.75, 3.05) is 44.2 Å². The summed E-state index contributed by atoms with van der Waals surface area (Å²) in [5, 5.41) is 9.04. The van der Waals surface area contributed by atoms with Gasteiger partial charge in [-0.15, -0.1) is 0 Å². The van der Waals surface area contributed by atoms with Gasteiger partial charge in [-0.2, -0.15) is 18.3 Å². The standard InChI is InChI=1S/C21H23F3N6O2/c22-21(23,24)15-4-1-5-16(14-15)29-12-10-28(11-13-29)8-3-7-25-19(31)17-6-2-9-30-18(17)26-27-20(30)32/h1-2,4-6,9,14H,3,7-8,10-13H2,(H,25,31)(H,27,32). The van der Waals surface area contributed by atoms with Gasteiger partial charge < -0.3 is 10.2 Å². The zero-order valence-corrected chi connectivity index (χ0v) is 17.2. The number of nitrogens with zero attached hydrogens (tertiary/aromatic N) is 4. The highest BCUT2D eigenvalue weighted by Crippen LogP contribution is 2.31. The van der Waals surface area contributed by atoms with E-state index in [1.54, 1.807) is 18.2 Å². The second-order valence-corrected chi connectivity index (χ2v) is 7.63. The van der Waals surface area contributed by atoms with Crippen molar-refractivity contribution in [1.29, 1.82) is 0 Å². The maximum Gasteiger partial charge on any atom is 0.416 e. The van der Waals surface area contributed by atoms with Gasteiger partial charge >= 0.3 is 11.9 Å². The second-order valence-electron chi connectivity index (χ2n) is 7.63. The predicted octanol–water partition coefficient (Wildman–Crippen LogP) is 1.98. The van der Waals surface area contributed by atoms with E-state index in [0.29, 0.717) is 30.9 Å². The lowest BCUT2D eigenvalue weighted by molar-refractivity contribution is -0.137. The summed E-state index contributed by atoms with van der Waals surface area (Å²) < 4.78 is 40.1. The number of amides is 1. The first-order chi connectivity index (χ1) is 15.3. The number of rotatable bonds is 6. The largest absolute Gasteiger partial charge is 0.416 e. The summed E-state index contributed by atoms with van der Waals surface area (Å²) in [5.74, 6) is -0.302. The number of anilines is 1. The monoisotopic (exact) mass is 448 g/mol. The summed E-state index contributed by atoms with van der Waals surface area (Å²) in [6.07, 6.45) is -2.08. The van der Waals surface area contributed by atoms with Crippen LogP contribution in [0.4, 0.5) is 18.9 Å². The molecule has 1 aliphatic rings. The van der Waals surface area contributed by atoms with Crippen LogP contribution in [0.3, 0.4) is 0 Å². The molecule has 8 nitrogen and oxygen atoms in total. The lowest BCUT2D eigenvalue weighted by atomic mass is 10.1. The van der Waals surface area contributed by atoms with E-state index in [1.807, 2.05) is 4.90 Å². The fraction of sp³-hybridized carbons (Fsp3) is 0.381. The molecule has 0 saturated carbocycles. The molecule has 0 unspecified atom stereocenters. The van der Waals surface area contributed by atoms with Crippen molar-refractivity contribution < 1.29 is 18.0 Å². The first kappa shape index (κ1) is 21.9. The van der Waals surface area contributed by atoms with Crippen LogP contribution in [0.2, 0.25) is 0 Å². The van der Waals surface area contributed by atoms with Crippen molar-refractivity contribution in [1.82, 2.24) is 24.8 Å². The molecule has 3 heterocycles. The molecule has 170 valence electrons. The van der Waals surface area contributed by atoms with Crippen molar-refractivity contribution in [3.63, 3.8) is 0 Å². The summed E-state index contributed by atoms with van der Waals surface area (Å²) in [6.45, 7) is 3.98. The zero-order chi connectivity index (χ0) is 22.7. The number of hydrogen-bond acceptors (Lipinski definition) is 5. The number of hydrogen-bond donors (Lipinski definition) is 2. The average molecular weight is 448 g/mol. The van der Waals surface area contributed by atoms with E-state index in [0.717, 1.165) is 32.1 Å². The van der Waals surface area contributed by atoms with E-state index in [1.165, 1.54) is 22.7 Å². The molecule has 1 aromatic carbocycles. The Morgan fingerprint density at radius 2 is 1.91 bits per heavy atom. The Morgan fingerprint density at radius 3 is 2.66 bits per heavy atom. The van der Waals surface area contributed by atoms with Crippen LogP contribution in [0.1, 0.15) is 22.3 Å². The summed E-state index contributed by atoms with van der Waals surface area (Å²) >= 11 is 0. The van der Waals surface area contributed by atoms with E-state index in [4.69, 9.17) is 0 Å². The van der Waals surface area contributed by atoms with Crippen LogP contribution in [-0.4, -0.2) is 64.7 Å². The molecular formula is C21H23F3N6O2. The molecule has 0 atom stereocenters. The van der Waals surface area contributed by atoms with Crippen molar-refractivity contribution in [3.05, 3.63) is 64.2 Å². The number of halogens is 3. The number of aromatic nitrogens is 3. The maximum absolute atomic E-state index is 12.9. The van der Waals surface area contributed by atoms with Crippen LogP contribution >= 0.6 is 0 Å². The third-order valence-corrected chi connectivity index (χ3v) is 5.54. The predicted molar refractivity (Wildman–Crippen MR) is 113 cm³/mol. The van der Waals surface area contributed by atoms with E-state index in [2.05, 4.69) is 20.4 Å². The van der Waals surface area contributed by atoms with Gasteiger partial charge in [0.2, 0.25) is 0 Å². The van der Waals surface area contributed by atoms with Gasteiger partial charge in [0.05, 0.1) is 11.1 Å². The number of carbonyl (C=O) groups excluding carboxylic acids is 1. The zero-order valence-electron chi connectivity index (χ0n) is 17.2. The van der Waals surface area contributed by atoms with Gasteiger partial charge in [-0.25, -0.2) is 14.3 Å². The van der Waals surface area contributed by atoms with Gasteiger partial charge in [0, 0.05) is 44.6 Å². The summed E-state index contributed by atoms with van der Waals surface area (Å²) in [6, 6.07) is 8.64. The summed E-state index contributed by atoms with van der Waals surface area (Å²) in [5.41, 5.74) is 0.141. The highest BCUT2D eigenvalue weighted by atomic mass is 19.4. The van der Waals surface area contributed by atoms with Crippen LogP contribution in [0, 0.1) is 0 Å². The molecule has 4 rings (SSSR count). The molecule has 32 heavy (non-hydrogen) atoms. The number of benzene rings is 1. The molecule has 1 fully saturated rings. The molecule has 0 spiro atoms. The topological polar surface area (TPSA) is 85.7 Å². The number of piperazine rings is 1. The van der Waals surface area contributed by atoms with Crippen LogP contribution in [0.5, 0.6) is 0 Å². The Labute approximate surface area is 181 Å². The van der Waals surface area contributed by atoms with Crippen LogP contribution < -0.4 is 15.9 Å². The van der Waals surface area contributed by atoms with Gasteiger partial charge in [0.25, 0.3) is 5.91 Å². The van der Waals surface area contributed by atoms with Gasteiger partial charge in [0.1, 0.15) is 0 Å². The lowest BCUT2D eigenvalue weighted by Crippen LogP contribution is -2.47. The molecule has 1 saturated heterocycles. The quantitative estimate of drug-likeness (QED) is 0.564. The normalized spacial score (nSPS) is 15.3. The molecule has 0 aliphatic carbocycles. The van der Waals surface area contributed by atoms with E-state index in [-0.39, 0.29) is 11.6 Å². The highest BCUT2D eigenvalue weighted by Gasteiger charge is 2.31. The number of fused-ring (bicyclic) bond motifs is 1. The first-order valence-electron chi connectivity index (χ1n) is 10.3. The Hall–Kier alpha value is -3.34. The minimum atomic E-state index is -4.35. The van der Waals surface area contributed by atoms with Gasteiger partial charge in [-0.05, 0) is 43.3 Å². The summed E-state index contributed by atoms with van der Waals surface area (Å²) in [7, 11) is 0. The third-order valence-electron chi connectivity index (χ3n) is 5.54.